The van der Waals surface area contributed by atoms with Crippen LogP contribution in [0.25, 0.3) is 11.1 Å². The number of nitrogens with zero attached hydrogens (tertiary/aromatic N) is 4. The minimum Gasteiger partial charge on any atom is -0.391 e. The number of carbonyl (C=O) groups is 2. The highest BCUT2D eigenvalue weighted by molar-refractivity contribution is 6.11. The predicted molar refractivity (Wildman–Crippen MR) is 144 cm³/mol. The van der Waals surface area contributed by atoms with Gasteiger partial charge in [-0.15, -0.1) is 0 Å². The van der Waals surface area contributed by atoms with Crippen LogP contribution < -0.4 is 0 Å². The topological polar surface area (TPSA) is 109 Å². The van der Waals surface area contributed by atoms with Gasteiger partial charge in [0, 0.05) is 48.6 Å². The first kappa shape index (κ1) is 26.0. The van der Waals surface area contributed by atoms with Crippen molar-refractivity contribution >= 4 is 17.5 Å². The number of aliphatic imine (C=N–C) groups is 1. The van der Waals surface area contributed by atoms with E-state index in [1.165, 1.54) is 0 Å². The number of pyridine rings is 1. The fourth-order valence-corrected chi connectivity index (χ4v) is 5.77. The molecule has 1 aromatic carbocycles. The third-order valence-electron chi connectivity index (χ3n) is 7.92. The van der Waals surface area contributed by atoms with Crippen molar-refractivity contribution in [2.75, 3.05) is 6.54 Å². The number of likely N-dealkylation sites (tertiary alicyclic amines) is 1. The van der Waals surface area contributed by atoms with E-state index in [1.807, 2.05) is 71.0 Å². The van der Waals surface area contributed by atoms with E-state index in [-0.39, 0.29) is 24.3 Å². The van der Waals surface area contributed by atoms with Crippen molar-refractivity contribution in [3.63, 3.8) is 0 Å². The average molecular weight is 515 g/mol. The lowest BCUT2D eigenvalue weighted by Gasteiger charge is -2.30. The molecule has 0 radical (unpaired) electrons. The Kier molecular flexibility index (Phi) is 6.77. The van der Waals surface area contributed by atoms with E-state index in [0.29, 0.717) is 30.0 Å². The molecule has 0 saturated carbocycles. The molecular formula is C30H34N4O4. The molecule has 3 aromatic rings. The second-order valence-corrected chi connectivity index (χ2v) is 11.1. The number of hydrogen-bond donors (Lipinski definition) is 1. The van der Waals surface area contributed by atoms with Crippen molar-refractivity contribution in [2.24, 2.45) is 10.9 Å². The first-order valence-electron chi connectivity index (χ1n) is 13.1. The molecule has 0 unspecified atom stereocenters. The Morgan fingerprint density at radius 2 is 1.92 bits per heavy atom. The Bertz CT molecular complexity index is 1390. The minimum absolute atomic E-state index is 0.0346. The van der Waals surface area contributed by atoms with Gasteiger partial charge in [-0.3, -0.25) is 14.6 Å². The zero-order valence-corrected chi connectivity index (χ0v) is 22.5. The predicted octanol–water partition coefficient (Wildman–Crippen LogP) is 4.38. The number of β-amino-alcohol motifs (C(OH)–C–C–N with tert-alkyl or cyclic N) is 1. The maximum Gasteiger partial charge on any atom is 0.256 e. The molecule has 2 amide bonds. The van der Waals surface area contributed by atoms with Crippen LogP contribution >= 0.6 is 0 Å². The van der Waals surface area contributed by atoms with Crippen LogP contribution in [0, 0.1) is 19.8 Å². The van der Waals surface area contributed by atoms with Gasteiger partial charge < -0.3 is 14.5 Å². The molecule has 38 heavy (non-hydrogen) atoms. The van der Waals surface area contributed by atoms with E-state index in [1.54, 1.807) is 17.2 Å². The Morgan fingerprint density at radius 3 is 2.55 bits per heavy atom. The molecule has 4 heterocycles. The van der Waals surface area contributed by atoms with Crippen LogP contribution in [0.5, 0.6) is 0 Å². The number of aryl methyl sites for hydroxylation is 2. The van der Waals surface area contributed by atoms with Crippen molar-refractivity contribution in [1.29, 1.82) is 0 Å². The fourth-order valence-electron chi connectivity index (χ4n) is 5.77. The number of hydrogen-bond acceptors (Lipinski definition) is 6. The number of aliphatic hydroxyl groups is 1. The summed E-state index contributed by atoms with van der Waals surface area (Å²) >= 11 is 0. The molecule has 1 saturated heterocycles. The molecule has 0 spiro atoms. The van der Waals surface area contributed by atoms with Gasteiger partial charge in [0.25, 0.3) is 5.91 Å². The van der Waals surface area contributed by atoms with Crippen molar-refractivity contribution in [3.8, 4) is 11.1 Å². The lowest BCUT2D eigenvalue weighted by Crippen LogP contribution is -2.44. The van der Waals surface area contributed by atoms with E-state index >= 15 is 0 Å². The first-order chi connectivity index (χ1) is 18.1. The molecule has 2 aliphatic rings. The highest BCUT2D eigenvalue weighted by atomic mass is 16.5. The van der Waals surface area contributed by atoms with Crippen molar-refractivity contribution in [2.45, 2.75) is 70.9 Å². The maximum absolute atomic E-state index is 13.8. The Labute approximate surface area is 222 Å². The molecule has 2 aliphatic heterocycles. The second-order valence-electron chi connectivity index (χ2n) is 11.1. The van der Waals surface area contributed by atoms with Crippen LogP contribution in [0.1, 0.15) is 62.2 Å². The van der Waals surface area contributed by atoms with Crippen LogP contribution in [0.15, 0.2) is 58.2 Å². The van der Waals surface area contributed by atoms with Crippen molar-refractivity contribution in [3.05, 3.63) is 71.4 Å². The summed E-state index contributed by atoms with van der Waals surface area (Å²) in [6.07, 6.45) is 1.84. The van der Waals surface area contributed by atoms with Gasteiger partial charge in [-0.1, -0.05) is 49.3 Å². The van der Waals surface area contributed by atoms with Crippen molar-refractivity contribution < 1.29 is 19.2 Å². The van der Waals surface area contributed by atoms with Crippen LogP contribution in [-0.4, -0.2) is 56.4 Å². The lowest BCUT2D eigenvalue weighted by molar-refractivity contribution is -0.134. The van der Waals surface area contributed by atoms with Gasteiger partial charge >= 0.3 is 0 Å². The standard InChI is InChI=1S/C30H34N4O4/c1-17(2)27(26-13-18(3)33-38-26)28(36)34-16-22(35)14-25(34)24-15-30(5,29(37)32-24)21-10-8-20(9-11-21)23-7-6-12-31-19(23)4/h6-13,17,22,25,27,35H,14-16H2,1-5H3/t22-,25-,27+,30-/m1/s1. The molecule has 8 nitrogen and oxygen atoms in total. The number of carbonyl (C=O) groups excluding carboxylic acids is 2. The third kappa shape index (κ3) is 4.58. The number of rotatable bonds is 6. The molecule has 4 atom stereocenters. The van der Waals surface area contributed by atoms with Crippen LogP contribution in [0.3, 0.4) is 0 Å². The first-order valence-corrected chi connectivity index (χ1v) is 13.1. The van der Waals surface area contributed by atoms with E-state index in [2.05, 4.69) is 15.1 Å². The van der Waals surface area contributed by atoms with Crippen molar-refractivity contribution in [1.82, 2.24) is 15.0 Å². The number of amides is 2. The van der Waals surface area contributed by atoms with Gasteiger partial charge in [0.15, 0.2) is 0 Å². The van der Waals surface area contributed by atoms with E-state index in [4.69, 9.17) is 4.52 Å². The molecular weight excluding hydrogens is 480 g/mol. The molecule has 2 aromatic heterocycles. The molecule has 8 heteroatoms. The molecule has 0 bridgehead atoms. The zero-order chi connectivity index (χ0) is 27.2. The Hall–Kier alpha value is -3.65. The van der Waals surface area contributed by atoms with Gasteiger partial charge in [0.2, 0.25) is 5.91 Å². The van der Waals surface area contributed by atoms with Gasteiger partial charge in [-0.2, -0.15) is 0 Å². The highest BCUT2D eigenvalue weighted by Gasteiger charge is 2.48. The largest absolute Gasteiger partial charge is 0.391 e. The number of aromatic nitrogens is 2. The highest BCUT2D eigenvalue weighted by Crippen LogP contribution is 2.39. The SMILES string of the molecule is Cc1cc([C@@H](C(=O)N2C[C@H](O)C[C@@H]2C2=NC(=O)[C@@](C)(c3ccc(-c4cccnc4C)cc3)C2)C(C)C)on1. The summed E-state index contributed by atoms with van der Waals surface area (Å²) < 4.78 is 5.46. The monoisotopic (exact) mass is 514 g/mol. The molecule has 0 aliphatic carbocycles. The summed E-state index contributed by atoms with van der Waals surface area (Å²) in [4.78, 5) is 37.6. The van der Waals surface area contributed by atoms with Crippen LogP contribution in [0.2, 0.25) is 0 Å². The summed E-state index contributed by atoms with van der Waals surface area (Å²) in [5.41, 5.74) is 4.43. The van der Waals surface area contributed by atoms with Gasteiger partial charge in [0.05, 0.1) is 23.3 Å². The van der Waals surface area contributed by atoms with E-state index in [0.717, 1.165) is 22.4 Å². The fraction of sp³-hybridized carbons (Fsp3) is 0.433. The Morgan fingerprint density at radius 1 is 1.18 bits per heavy atom. The summed E-state index contributed by atoms with van der Waals surface area (Å²) in [5.74, 6) is -0.416. The van der Waals surface area contributed by atoms with E-state index < -0.39 is 23.5 Å². The summed E-state index contributed by atoms with van der Waals surface area (Å²) in [5, 5.41) is 14.5. The molecule has 5 rings (SSSR count). The minimum atomic E-state index is -0.834. The molecule has 1 N–H and O–H groups in total. The summed E-state index contributed by atoms with van der Waals surface area (Å²) in [6.45, 7) is 9.83. The number of benzene rings is 1. The average Bonchev–Trinajstić information content (AvgIpc) is 3.57. The second kappa shape index (κ2) is 9.91. The summed E-state index contributed by atoms with van der Waals surface area (Å²) in [7, 11) is 0. The van der Waals surface area contributed by atoms with Gasteiger partial charge in [0.1, 0.15) is 11.7 Å². The van der Waals surface area contributed by atoms with Crippen LogP contribution in [-0.2, 0) is 15.0 Å². The normalized spacial score (nSPS) is 24.2. The smallest absolute Gasteiger partial charge is 0.256 e. The maximum atomic E-state index is 13.8. The van der Waals surface area contributed by atoms with Gasteiger partial charge in [-0.25, -0.2) is 4.99 Å². The van der Waals surface area contributed by atoms with E-state index in [9.17, 15) is 14.7 Å². The Balaban J connectivity index is 1.39. The molecule has 1 fully saturated rings. The quantitative estimate of drug-likeness (QED) is 0.523. The third-order valence-corrected chi connectivity index (χ3v) is 7.92. The van der Waals surface area contributed by atoms with Crippen LogP contribution in [0.4, 0.5) is 0 Å². The number of aliphatic hydroxyl groups excluding tert-OH is 1. The molecule has 198 valence electrons. The lowest BCUT2D eigenvalue weighted by atomic mass is 9.78. The summed E-state index contributed by atoms with van der Waals surface area (Å²) in [6, 6.07) is 13.3. The van der Waals surface area contributed by atoms with Gasteiger partial charge in [-0.05, 0) is 43.9 Å². The zero-order valence-electron chi connectivity index (χ0n) is 22.5.